The molecule has 0 spiro atoms. The first-order chi connectivity index (χ1) is 18.3. The van der Waals surface area contributed by atoms with Gasteiger partial charge in [-0.1, -0.05) is 29.5 Å². The Bertz CT molecular complexity index is 1590. The lowest BCUT2D eigenvalue weighted by atomic mass is 9.87. The third-order valence-electron chi connectivity index (χ3n) is 6.80. The van der Waals surface area contributed by atoms with Gasteiger partial charge in [-0.15, -0.1) is 0 Å². The summed E-state index contributed by atoms with van der Waals surface area (Å²) in [6, 6.07) is 11.8. The number of primary amides is 1. The number of halogens is 2. The lowest BCUT2D eigenvalue weighted by Gasteiger charge is -2.24. The Hall–Kier alpha value is -4.38. The van der Waals surface area contributed by atoms with E-state index in [0.29, 0.717) is 40.6 Å². The third kappa shape index (κ3) is 3.86. The molecule has 2 aromatic heterocycles. The highest BCUT2D eigenvalue weighted by molar-refractivity contribution is 7.16. The van der Waals surface area contributed by atoms with E-state index in [1.54, 1.807) is 41.2 Å². The number of hydrogen-bond acceptors (Lipinski definition) is 6. The minimum Gasteiger partial charge on any atom is -0.481 e. The largest absolute Gasteiger partial charge is 0.481 e. The second-order valence-corrected chi connectivity index (χ2v) is 10.1. The number of fused-ring (bicyclic) bond motifs is 4. The molecule has 2 aromatic carbocycles. The van der Waals surface area contributed by atoms with E-state index in [1.807, 2.05) is 0 Å². The molecule has 1 atom stereocenters. The predicted octanol–water partition coefficient (Wildman–Crippen LogP) is 4.00. The molecule has 2 aliphatic heterocycles. The lowest BCUT2D eigenvalue weighted by molar-refractivity contribution is 0.0644. The van der Waals surface area contributed by atoms with Crippen LogP contribution in [0.3, 0.4) is 0 Å². The van der Waals surface area contributed by atoms with E-state index in [-0.39, 0.29) is 29.0 Å². The number of ether oxygens (including phenoxy) is 1. The minimum atomic E-state index is -1.03. The van der Waals surface area contributed by atoms with Crippen molar-refractivity contribution in [2.45, 2.75) is 18.9 Å². The van der Waals surface area contributed by atoms with Crippen molar-refractivity contribution >= 4 is 29.1 Å². The standard InChI is InChI=1S/C27H20F2N4O4S/c28-18-6-5-14(12-19(18)29)11-15(13-32-25(35)16-3-1-2-4-17(16)26(32)36)21-22-20-7-8-31-33(20)9-10-37-27(22)38-23(21)24(30)34/h1-8,12,15H,9-11,13H2,(H2,30,34)/t15-/m1/s1. The number of hydrogen-bond donors (Lipinski definition) is 1. The molecule has 0 fully saturated rings. The summed E-state index contributed by atoms with van der Waals surface area (Å²) in [5.41, 5.74) is 8.54. The first-order valence-corrected chi connectivity index (χ1v) is 12.7. The molecule has 0 saturated heterocycles. The zero-order valence-corrected chi connectivity index (χ0v) is 20.6. The van der Waals surface area contributed by atoms with Crippen molar-refractivity contribution in [3.05, 3.63) is 93.5 Å². The smallest absolute Gasteiger partial charge is 0.261 e. The van der Waals surface area contributed by atoms with E-state index in [1.165, 1.54) is 6.07 Å². The monoisotopic (exact) mass is 534 g/mol. The van der Waals surface area contributed by atoms with Crippen LogP contribution in [0.15, 0.2) is 54.7 Å². The Labute approximate surface area is 219 Å². The van der Waals surface area contributed by atoms with Crippen molar-refractivity contribution in [3.8, 4) is 16.3 Å². The lowest BCUT2D eigenvalue weighted by Crippen LogP contribution is -2.35. The van der Waals surface area contributed by atoms with E-state index >= 15 is 0 Å². The van der Waals surface area contributed by atoms with Gasteiger partial charge in [0.05, 0.1) is 33.8 Å². The zero-order valence-electron chi connectivity index (χ0n) is 19.8. The minimum absolute atomic E-state index is 0.0855. The Balaban J connectivity index is 1.51. The maximum absolute atomic E-state index is 14.2. The van der Waals surface area contributed by atoms with Gasteiger partial charge >= 0.3 is 0 Å². The fourth-order valence-corrected chi connectivity index (χ4v) is 6.24. The summed E-state index contributed by atoms with van der Waals surface area (Å²) in [7, 11) is 0. The van der Waals surface area contributed by atoms with E-state index in [2.05, 4.69) is 5.10 Å². The molecule has 192 valence electrons. The number of thiophene rings is 1. The summed E-state index contributed by atoms with van der Waals surface area (Å²) >= 11 is 1.08. The van der Waals surface area contributed by atoms with Gasteiger partial charge in [0.2, 0.25) is 0 Å². The van der Waals surface area contributed by atoms with Crippen molar-refractivity contribution in [1.29, 1.82) is 0 Å². The van der Waals surface area contributed by atoms with Gasteiger partial charge in [-0.3, -0.25) is 24.0 Å². The van der Waals surface area contributed by atoms with Crippen LogP contribution in [0, 0.1) is 11.6 Å². The van der Waals surface area contributed by atoms with Gasteiger partial charge < -0.3 is 10.5 Å². The predicted molar refractivity (Wildman–Crippen MR) is 134 cm³/mol. The van der Waals surface area contributed by atoms with Crippen LogP contribution in [-0.4, -0.2) is 45.6 Å². The van der Waals surface area contributed by atoms with E-state index in [0.717, 1.165) is 28.4 Å². The van der Waals surface area contributed by atoms with Crippen molar-refractivity contribution in [1.82, 2.24) is 14.7 Å². The number of amides is 3. The normalized spacial score (nSPS) is 14.9. The summed E-state index contributed by atoms with van der Waals surface area (Å²) in [5, 5.41) is 4.81. The van der Waals surface area contributed by atoms with Gasteiger partial charge in [0.1, 0.15) is 6.61 Å². The molecule has 38 heavy (non-hydrogen) atoms. The fraction of sp³-hybridized carbons (Fsp3) is 0.185. The second kappa shape index (κ2) is 9.18. The number of carbonyl (C=O) groups excluding carboxylic acids is 3. The first kappa shape index (κ1) is 24.0. The highest BCUT2D eigenvalue weighted by Gasteiger charge is 2.39. The van der Waals surface area contributed by atoms with Crippen molar-refractivity contribution < 1.29 is 27.9 Å². The Morgan fingerprint density at radius 1 is 1.08 bits per heavy atom. The van der Waals surface area contributed by atoms with Crippen molar-refractivity contribution in [2.75, 3.05) is 13.2 Å². The second-order valence-electron chi connectivity index (χ2n) is 9.08. The highest BCUT2D eigenvalue weighted by Crippen LogP contribution is 2.48. The maximum Gasteiger partial charge on any atom is 0.261 e. The molecule has 2 N–H and O–H groups in total. The molecular formula is C27H20F2N4O4S. The van der Waals surface area contributed by atoms with E-state index in [4.69, 9.17) is 10.5 Å². The van der Waals surface area contributed by atoms with Gasteiger partial charge in [-0.25, -0.2) is 8.78 Å². The SMILES string of the molecule is NC(=O)c1sc2c(c1[C@H](Cc1ccc(F)c(F)c1)CN1C(=O)c3ccccc3C1=O)-c1ccnn1CCO2. The number of aromatic nitrogens is 2. The number of nitrogens with two attached hydrogens (primary N) is 1. The molecule has 0 radical (unpaired) electrons. The molecule has 0 saturated carbocycles. The van der Waals surface area contributed by atoms with Gasteiger partial charge in [0, 0.05) is 18.7 Å². The average Bonchev–Trinajstić information content (AvgIpc) is 3.55. The summed E-state index contributed by atoms with van der Waals surface area (Å²) < 4.78 is 35.6. The zero-order chi connectivity index (χ0) is 26.6. The Kier molecular flexibility index (Phi) is 5.79. The highest BCUT2D eigenvalue weighted by atomic mass is 32.1. The summed E-state index contributed by atoms with van der Waals surface area (Å²) in [6.07, 6.45) is 1.71. The van der Waals surface area contributed by atoms with Gasteiger partial charge in [0.15, 0.2) is 16.7 Å². The van der Waals surface area contributed by atoms with E-state index < -0.39 is 35.3 Å². The molecule has 11 heteroatoms. The summed E-state index contributed by atoms with van der Waals surface area (Å²) in [5.74, 6) is -4.36. The number of benzene rings is 2. The number of nitrogens with zero attached hydrogens (tertiary/aromatic N) is 3. The van der Waals surface area contributed by atoms with E-state index in [9.17, 15) is 23.2 Å². The van der Waals surface area contributed by atoms with Crippen LogP contribution in [0.25, 0.3) is 11.3 Å². The summed E-state index contributed by atoms with van der Waals surface area (Å²) in [6.45, 7) is 0.663. The molecule has 6 rings (SSSR count). The molecule has 2 aliphatic rings. The van der Waals surface area contributed by atoms with Crippen LogP contribution in [0.1, 0.15) is 47.4 Å². The van der Waals surface area contributed by atoms with Crippen molar-refractivity contribution in [3.63, 3.8) is 0 Å². The number of carbonyl (C=O) groups is 3. The molecular weight excluding hydrogens is 514 g/mol. The van der Waals surface area contributed by atoms with Crippen LogP contribution in [0.4, 0.5) is 8.78 Å². The molecule has 0 unspecified atom stereocenters. The maximum atomic E-state index is 14.2. The molecule has 4 heterocycles. The molecule has 4 aromatic rings. The topological polar surface area (TPSA) is 108 Å². The number of rotatable bonds is 6. The third-order valence-corrected chi connectivity index (χ3v) is 7.93. The van der Waals surface area contributed by atoms with Crippen LogP contribution in [0.5, 0.6) is 5.06 Å². The van der Waals surface area contributed by atoms with Gasteiger partial charge in [-0.05, 0) is 47.9 Å². The van der Waals surface area contributed by atoms with Gasteiger partial charge in [0.25, 0.3) is 17.7 Å². The molecule has 0 aliphatic carbocycles. The molecule has 8 nitrogen and oxygen atoms in total. The quantitative estimate of drug-likeness (QED) is 0.376. The van der Waals surface area contributed by atoms with Crippen molar-refractivity contribution in [2.24, 2.45) is 5.73 Å². The Morgan fingerprint density at radius 3 is 2.50 bits per heavy atom. The van der Waals surface area contributed by atoms with Gasteiger partial charge in [-0.2, -0.15) is 5.10 Å². The summed E-state index contributed by atoms with van der Waals surface area (Å²) in [4.78, 5) is 40.5. The molecule has 0 bridgehead atoms. The average molecular weight is 535 g/mol. The first-order valence-electron chi connectivity index (χ1n) is 11.8. The fourth-order valence-electron chi connectivity index (χ4n) is 5.12. The number of imide groups is 1. The Morgan fingerprint density at radius 2 is 1.82 bits per heavy atom. The van der Waals surface area contributed by atoms with Crippen LogP contribution in [0.2, 0.25) is 0 Å². The molecule has 3 amide bonds. The van der Waals surface area contributed by atoms with Crippen LogP contribution in [-0.2, 0) is 13.0 Å². The van der Waals surface area contributed by atoms with Crippen LogP contribution < -0.4 is 10.5 Å². The van der Waals surface area contributed by atoms with Crippen LogP contribution >= 0.6 is 11.3 Å².